The van der Waals surface area contributed by atoms with E-state index in [9.17, 15) is 0 Å². The minimum absolute atomic E-state index is 0.348. The summed E-state index contributed by atoms with van der Waals surface area (Å²) < 4.78 is 8.10. The van der Waals surface area contributed by atoms with E-state index in [1.807, 2.05) is 23.1 Å². The largest absolute Gasteiger partial charge is 0.474 e. The van der Waals surface area contributed by atoms with Gasteiger partial charge in [0.2, 0.25) is 5.88 Å². The Kier molecular flexibility index (Phi) is 5.16. The van der Waals surface area contributed by atoms with Crippen LogP contribution in [0.3, 0.4) is 0 Å². The van der Waals surface area contributed by atoms with Crippen LogP contribution in [0, 0.1) is 5.92 Å². The molecular weight excluding hydrogens is 314 g/mol. The Morgan fingerprint density at radius 2 is 2.12 bits per heavy atom. The first kappa shape index (κ1) is 16.4. The Hall–Kier alpha value is -2.08. The molecule has 1 saturated carbocycles. The van der Waals surface area contributed by atoms with Crippen molar-refractivity contribution in [1.82, 2.24) is 20.1 Å². The Labute approximate surface area is 149 Å². The number of pyridine rings is 1. The van der Waals surface area contributed by atoms with Gasteiger partial charge in [-0.1, -0.05) is 6.42 Å². The topological polar surface area (TPSA) is 64.0 Å². The van der Waals surface area contributed by atoms with Gasteiger partial charge < -0.3 is 15.4 Å². The second-order valence-corrected chi connectivity index (χ2v) is 7.16. The number of aromatic nitrogens is 3. The van der Waals surface area contributed by atoms with Gasteiger partial charge in [-0.05, 0) is 37.3 Å². The zero-order valence-corrected chi connectivity index (χ0v) is 14.7. The van der Waals surface area contributed by atoms with Gasteiger partial charge in [-0.25, -0.2) is 9.67 Å². The van der Waals surface area contributed by atoms with Gasteiger partial charge in [-0.2, -0.15) is 5.10 Å². The lowest BCUT2D eigenvalue weighted by Crippen LogP contribution is -2.35. The number of nitrogens with zero attached hydrogens (tertiary/aromatic N) is 3. The molecule has 2 aromatic heterocycles. The fourth-order valence-electron chi connectivity index (χ4n) is 3.72. The van der Waals surface area contributed by atoms with E-state index in [0.29, 0.717) is 12.0 Å². The molecule has 0 unspecified atom stereocenters. The normalized spacial score (nSPS) is 20.7. The van der Waals surface area contributed by atoms with Gasteiger partial charge >= 0.3 is 0 Å². The number of anilines is 1. The highest BCUT2D eigenvalue weighted by atomic mass is 16.5. The van der Waals surface area contributed by atoms with Crippen LogP contribution >= 0.6 is 0 Å². The van der Waals surface area contributed by atoms with Crippen molar-refractivity contribution in [3.63, 3.8) is 0 Å². The van der Waals surface area contributed by atoms with Gasteiger partial charge in [0.15, 0.2) is 0 Å². The second kappa shape index (κ2) is 7.87. The van der Waals surface area contributed by atoms with Gasteiger partial charge in [0.25, 0.3) is 0 Å². The average molecular weight is 341 g/mol. The second-order valence-electron chi connectivity index (χ2n) is 7.16. The molecular formula is C19H27N5O. The molecule has 6 nitrogen and oxygen atoms in total. The van der Waals surface area contributed by atoms with Gasteiger partial charge in [-0.3, -0.25) is 0 Å². The lowest BCUT2D eigenvalue weighted by molar-refractivity contribution is 0.148. The lowest BCUT2D eigenvalue weighted by atomic mass is 9.98. The fourth-order valence-corrected chi connectivity index (χ4v) is 3.72. The Morgan fingerprint density at radius 3 is 3.04 bits per heavy atom. The highest BCUT2D eigenvalue weighted by molar-refractivity contribution is 5.35. The molecule has 2 aromatic rings. The number of rotatable bonds is 6. The maximum Gasteiger partial charge on any atom is 0.213 e. The molecule has 1 fully saturated rings. The van der Waals surface area contributed by atoms with E-state index in [1.54, 1.807) is 0 Å². The molecule has 1 aliphatic carbocycles. The Morgan fingerprint density at radius 1 is 1.20 bits per heavy atom. The van der Waals surface area contributed by atoms with Crippen molar-refractivity contribution in [2.24, 2.45) is 5.92 Å². The molecule has 25 heavy (non-hydrogen) atoms. The smallest absolute Gasteiger partial charge is 0.213 e. The molecule has 4 rings (SSSR count). The van der Waals surface area contributed by atoms with Crippen LogP contribution in [-0.2, 0) is 13.1 Å². The van der Waals surface area contributed by atoms with Crippen molar-refractivity contribution in [3.8, 4) is 5.88 Å². The van der Waals surface area contributed by atoms with Crippen LogP contribution in [0.5, 0.6) is 5.88 Å². The van der Waals surface area contributed by atoms with Crippen LogP contribution in [0.1, 0.15) is 37.7 Å². The third-order valence-corrected chi connectivity index (χ3v) is 5.12. The molecule has 0 aromatic carbocycles. The molecule has 0 radical (unpaired) electrons. The standard InChI is InChI=1S/C19H27N5O/c1-2-4-17(5-3-1)25-19-10-15(6-8-21-19)11-20-12-16-13-22-18-7-9-23-24(18)14-16/h6-10,16-17,20,22H,1-5,11-14H2/t16-/m1/s1. The van der Waals surface area contributed by atoms with Crippen LogP contribution < -0.4 is 15.4 Å². The van der Waals surface area contributed by atoms with Crippen molar-refractivity contribution in [2.75, 3.05) is 18.4 Å². The van der Waals surface area contributed by atoms with E-state index in [0.717, 1.165) is 50.7 Å². The van der Waals surface area contributed by atoms with E-state index in [2.05, 4.69) is 32.8 Å². The molecule has 134 valence electrons. The van der Waals surface area contributed by atoms with E-state index in [1.165, 1.54) is 24.8 Å². The van der Waals surface area contributed by atoms with Crippen LogP contribution in [0.25, 0.3) is 0 Å². The van der Waals surface area contributed by atoms with Gasteiger partial charge in [0.05, 0.1) is 6.20 Å². The summed E-state index contributed by atoms with van der Waals surface area (Å²) in [5.74, 6) is 2.44. The maximum atomic E-state index is 6.06. The molecule has 0 bridgehead atoms. The van der Waals surface area contributed by atoms with Crippen LogP contribution in [0.2, 0.25) is 0 Å². The first-order valence-electron chi connectivity index (χ1n) is 9.45. The molecule has 0 spiro atoms. The van der Waals surface area contributed by atoms with Gasteiger partial charge in [0, 0.05) is 50.4 Å². The number of fused-ring (bicyclic) bond motifs is 1. The van der Waals surface area contributed by atoms with E-state index >= 15 is 0 Å². The Bertz CT molecular complexity index is 680. The molecule has 0 amide bonds. The van der Waals surface area contributed by atoms with Crippen molar-refractivity contribution < 1.29 is 4.74 Å². The highest BCUT2D eigenvalue weighted by Gasteiger charge is 2.18. The monoisotopic (exact) mass is 341 g/mol. The minimum atomic E-state index is 0.348. The van der Waals surface area contributed by atoms with E-state index < -0.39 is 0 Å². The summed E-state index contributed by atoms with van der Waals surface area (Å²) in [4.78, 5) is 4.38. The zero-order valence-electron chi connectivity index (χ0n) is 14.7. The fraction of sp³-hybridized carbons (Fsp3) is 0.579. The quantitative estimate of drug-likeness (QED) is 0.846. The highest BCUT2D eigenvalue weighted by Crippen LogP contribution is 2.22. The number of hydrogen-bond donors (Lipinski definition) is 2. The predicted octanol–water partition coefficient (Wildman–Crippen LogP) is 2.82. The molecule has 0 saturated heterocycles. The Balaban J connectivity index is 1.25. The SMILES string of the molecule is c1cc(CNC[C@@H]2CNc3ccnn3C2)cc(OC2CCCCC2)n1. The van der Waals surface area contributed by atoms with Crippen molar-refractivity contribution in [3.05, 3.63) is 36.2 Å². The summed E-state index contributed by atoms with van der Waals surface area (Å²) in [6.07, 6.45) is 10.3. The summed E-state index contributed by atoms with van der Waals surface area (Å²) in [7, 11) is 0. The van der Waals surface area contributed by atoms with E-state index in [4.69, 9.17) is 4.74 Å². The summed E-state index contributed by atoms with van der Waals surface area (Å²) >= 11 is 0. The number of nitrogens with one attached hydrogen (secondary N) is 2. The van der Waals surface area contributed by atoms with Crippen molar-refractivity contribution in [1.29, 1.82) is 0 Å². The van der Waals surface area contributed by atoms with E-state index in [-0.39, 0.29) is 0 Å². The summed E-state index contributed by atoms with van der Waals surface area (Å²) in [6.45, 7) is 3.76. The van der Waals surface area contributed by atoms with Crippen LogP contribution in [-0.4, -0.2) is 34.0 Å². The summed E-state index contributed by atoms with van der Waals surface area (Å²) in [5.41, 5.74) is 1.23. The van der Waals surface area contributed by atoms with Crippen molar-refractivity contribution >= 4 is 5.82 Å². The zero-order chi connectivity index (χ0) is 16.9. The van der Waals surface area contributed by atoms with Crippen LogP contribution in [0.15, 0.2) is 30.6 Å². The maximum absolute atomic E-state index is 6.06. The molecule has 2 N–H and O–H groups in total. The van der Waals surface area contributed by atoms with Gasteiger partial charge in [0.1, 0.15) is 11.9 Å². The first-order chi connectivity index (χ1) is 12.4. The van der Waals surface area contributed by atoms with Crippen LogP contribution in [0.4, 0.5) is 5.82 Å². The summed E-state index contributed by atoms with van der Waals surface area (Å²) in [5, 5.41) is 11.3. The molecule has 1 atom stereocenters. The van der Waals surface area contributed by atoms with Crippen molar-refractivity contribution in [2.45, 2.75) is 51.3 Å². The molecule has 1 aliphatic heterocycles. The molecule has 6 heteroatoms. The summed E-state index contributed by atoms with van der Waals surface area (Å²) in [6, 6.07) is 6.16. The molecule has 2 aliphatic rings. The number of ether oxygens (including phenoxy) is 1. The average Bonchev–Trinajstić information content (AvgIpc) is 3.11. The lowest BCUT2D eigenvalue weighted by Gasteiger charge is -2.25. The molecule has 3 heterocycles. The third kappa shape index (κ3) is 4.31. The first-order valence-corrected chi connectivity index (χ1v) is 9.45. The predicted molar refractivity (Wildman–Crippen MR) is 97.7 cm³/mol. The number of hydrogen-bond acceptors (Lipinski definition) is 5. The minimum Gasteiger partial charge on any atom is -0.474 e. The van der Waals surface area contributed by atoms with Gasteiger partial charge in [-0.15, -0.1) is 0 Å². The third-order valence-electron chi connectivity index (χ3n) is 5.12.